The van der Waals surface area contributed by atoms with Gasteiger partial charge in [-0.05, 0) is 26.3 Å². The number of benzene rings is 1. The molecule has 104 valence electrons. The third kappa shape index (κ3) is 4.87. The number of hydrogen-bond donors (Lipinski definition) is 1. The third-order valence-electron chi connectivity index (χ3n) is 2.57. The maximum Gasteiger partial charge on any atom is 0.0786 e. The lowest BCUT2D eigenvalue weighted by atomic mass is 10.1. The van der Waals surface area contributed by atoms with Crippen LogP contribution in [0.2, 0.25) is 0 Å². The van der Waals surface area contributed by atoms with Gasteiger partial charge < -0.3 is 5.11 Å². The molecule has 1 aromatic heterocycles. The van der Waals surface area contributed by atoms with Gasteiger partial charge in [0.05, 0.1) is 18.3 Å². The van der Waals surface area contributed by atoms with Gasteiger partial charge in [0, 0.05) is 11.8 Å². The molecule has 0 unspecified atom stereocenters. The van der Waals surface area contributed by atoms with Crippen LogP contribution in [0.25, 0.3) is 11.1 Å². The van der Waals surface area contributed by atoms with Crippen molar-refractivity contribution in [1.82, 2.24) is 9.78 Å². The Morgan fingerprint density at radius 1 is 1.11 bits per heavy atom. The average molecular weight is 260 g/mol. The van der Waals surface area contributed by atoms with E-state index in [0.717, 1.165) is 11.1 Å². The highest BCUT2D eigenvalue weighted by Gasteiger charge is 2.14. The van der Waals surface area contributed by atoms with E-state index in [-0.39, 0.29) is 0 Å². The Morgan fingerprint density at radius 2 is 1.68 bits per heavy atom. The Labute approximate surface area is 115 Å². The number of rotatable bonds is 3. The zero-order chi connectivity index (χ0) is 14.5. The molecule has 0 bridgehead atoms. The van der Waals surface area contributed by atoms with Crippen molar-refractivity contribution in [3.8, 4) is 11.1 Å². The van der Waals surface area contributed by atoms with Crippen LogP contribution in [0.5, 0.6) is 0 Å². The Kier molecular flexibility index (Phi) is 5.31. The van der Waals surface area contributed by atoms with Crippen LogP contribution in [0.1, 0.15) is 33.3 Å². The standard InChI is InChI=1S/C14H18N2O.C2H6/c1-11-4-6-12(7-5-11)13-8-15-16(9-13)10-14(2,3)17;1-2/h4-9,17H,10H2,1-3H3;1-2H3. The van der Waals surface area contributed by atoms with Gasteiger partial charge in [-0.3, -0.25) is 4.68 Å². The molecule has 1 aromatic carbocycles. The zero-order valence-electron chi connectivity index (χ0n) is 12.5. The van der Waals surface area contributed by atoms with Gasteiger partial charge >= 0.3 is 0 Å². The summed E-state index contributed by atoms with van der Waals surface area (Å²) < 4.78 is 1.77. The molecule has 0 fully saturated rings. The molecule has 0 spiro atoms. The van der Waals surface area contributed by atoms with E-state index in [9.17, 15) is 5.11 Å². The van der Waals surface area contributed by atoms with E-state index in [1.165, 1.54) is 5.56 Å². The zero-order valence-corrected chi connectivity index (χ0v) is 12.5. The number of aryl methyl sites for hydroxylation is 1. The maximum absolute atomic E-state index is 9.73. The van der Waals surface area contributed by atoms with Gasteiger partial charge in [0.15, 0.2) is 0 Å². The molecule has 3 heteroatoms. The summed E-state index contributed by atoms with van der Waals surface area (Å²) in [5, 5.41) is 14.0. The van der Waals surface area contributed by atoms with E-state index in [1.807, 2.05) is 26.2 Å². The van der Waals surface area contributed by atoms with Crippen molar-refractivity contribution in [1.29, 1.82) is 0 Å². The molecular weight excluding hydrogens is 236 g/mol. The minimum absolute atomic E-state index is 0.499. The van der Waals surface area contributed by atoms with Crippen molar-refractivity contribution in [2.45, 2.75) is 46.8 Å². The summed E-state index contributed by atoms with van der Waals surface area (Å²) in [7, 11) is 0. The Hall–Kier alpha value is -1.61. The number of hydrogen-bond acceptors (Lipinski definition) is 2. The SMILES string of the molecule is CC.Cc1ccc(-c2cnn(CC(C)(C)O)c2)cc1. The topological polar surface area (TPSA) is 38.0 Å². The summed E-state index contributed by atoms with van der Waals surface area (Å²) in [6, 6.07) is 8.34. The summed E-state index contributed by atoms with van der Waals surface area (Å²) >= 11 is 0. The van der Waals surface area contributed by atoms with Crippen molar-refractivity contribution >= 4 is 0 Å². The van der Waals surface area contributed by atoms with Crippen LogP contribution >= 0.6 is 0 Å². The fraction of sp³-hybridized carbons (Fsp3) is 0.438. The summed E-state index contributed by atoms with van der Waals surface area (Å²) in [6.45, 7) is 10.1. The van der Waals surface area contributed by atoms with Crippen LogP contribution in [0.15, 0.2) is 36.7 Å². The molecule has 2 rings (SSSR count). The Balaban J connectivity index is 0.000000861. The predicted molar refractivity (Wildman–Crippen MR) is 80.0 cm³/mol. The van der Waals surface area contributed by atoms with E-state index >= 15 is 0 Å². The second-order valence-corrected chi connectivity index (χ2v) is 5.11. The highest BCUT2D eigenvalue weighted by molar-refractivity contribution is 5.61. The summed E-state index contributed by atoms with van der Waals surface area (Å²) in [6.07, 6.45) is 3.79. The molecule has 0 aliphatic heterocycles. The molecular formula is C16H24N2O. The lowest BCUT2D eigenvalue weighted by molar-refractivity contribution is 0.0577. The van der Waals surface area contributed by atoms with Crippen molar-refractivity contribution < 1.29 is 5.11 Å². The lowest BCUT2D eigenvalue weighted by Gasteiger charge is -2.16. The number of nitrogens with zero attached hydrogens (tertiary/aromatic N) is 2. The first-order chi connectivity index (χ1) is 8.94. The maximum atomic E-state index is 9.73. The van der Waals surface area contributed by atoms with E-state index in [2.05, 4.69) is 36.3 Å². The van der Waals surface area contributed by atoms with Crippen LogP contribution in [0.4, 0.5) is 0 Å². The number of aromatic nitrogens is 2. The molecule has 1 N–H and O–H groups in total. The van der Waals surface area contributed by atoms with E-state index in [0.29, 0.717) is 6.54 Å². The molecule has 1 heterocycles. The normalized spacial score (nSPS) is 10.8. The minimum Gasteiger partial charge on any atom is -0.389 e. The first-order valence-corrected chi connectivity index (χ1v) is 6.76. The number of aliphatic hydroxyl groups is 1. The molecule has 0 aliphatic carbocycles. The van der Waals surface area contributed by atoms with Crippen LogP contribution in [-0.4, -0.2) is 20.5 Å². The smallest absolute Gasteiger partial charge is 0.0786 e. The lowest BCUT2D eigenvalue weighted by Crippen LogP contribution is -2.26. The van der Waals surface area contributed by atoms with E-state index < -0.39 is 5.60 Å². The largest absolute Gasteiger partial charge is 0.389 e. The molecule has 0 amide bonds. The van der Waals surface area contributed by atoms with Crippen molar-refractivity contribution in [2.75, 3.05) is 0 Å². The quantitative estimate of drug-likeness (QED) is 0.914. The molecule has 0 saturated heterocycles. The summed E-state index contributed by atoms with van der Waals surface area (Å²) in [5.41, 5.74) is 2.74. The van der Waals surface area contributed by atoms with Gasteiger partial charge in [0.1, 0.15) is 0 Å². The fourth-order valence-corrected chi connectivity index (χ4v) is 1.74. The second-order valence-electron chi connectivity index (χ2n) is 5.11. The first-order valence-electron chi connectivity index (χ1n) is 6.76. The van der Waals surface area contributed by atoms with Crippen molar-refractivity contribution in [3.63, 3.8) is 0 Å². The monoisotopic (exact) mass is 260 g/mol. The van der Waals surface area contributed by atoms with Gasteiger partial charge in [0.25, 0.3) is 0 Å². The van der Waals surface area contributed by atoms with E-state index in [1.54, 1.807) is 18.5 Å². The molecule has 0 aliphatic rings. The van der Waals surface area contributed by atoms with Crippen LogP contribution in [-0.2, 0) is 6.54 Å². The third-order valence-corrected chi connectivity index (χ3v) is 2.57. The molecule has 2 aromatic rings. The molecule has 0 radical (unpaired) electrons. The second kappa shape index (κ2) is 6.53. The highest BCUT2D eigenvalue weighted by Crippen LogP contribution is 2.19. The fourth-order valence-electron chi connectivity index (χ4n) is 1.74. The van der Waals surface area contributed by atoms with Gasteiger partial charge in [-0.25, -0.2) is 0 Å². The Bertz CT molecular complexity index is 492. The molecule has 19 heavy (non-hydrogen) atoms. The van der Waals surface area contributed by atoms with Crippen LogP contribution in [0.3, 0.4) is 0 Å². The summed E-state index contributed by atoms with van der Waals surface area (Å²) in [4.78, 5) is 0. The van der Waals surface area contributed by atoms with Crippen molar-refractivity contribution in [3.05, 3.63) is 42.2 Å². The molecule has 3 nitrogen and oxygen atoms in total. The van der Waals surface area contributed by atoms with Crippen molar-refractivity contribution in [2.24, 2.45) is 0 Å². The minimum atomic E-state index is -0.740. The van der Waals surface area contributed by atoms with Gasteiger partial charge in [-0.2, -0.15) is 5.10 Å². The molecule has 0 saturated carbocycles. The van der Waals surface area contributed by atoms with Crippen LogP contribution in [0, 0.1) is 6.92 Å². The highest BCUT2D eigenvalue weighted by atomic mass is 16.3. The van der Waals surface area contributed by atoms with Gasteiger partial charge in [0.2, 0.25) is 0 Å². The van der Waals surface area contributed by atoms with Gasteiger partial charge in [-0.1, -0.05) is 43.7 Å². The Morgan fingerprint density at radius 3 is 2.21 bits per heavy atom. The van der Waals surface area contributed by atoms with E-state index in [4.69, 9.17) is 0 Å². The van der Waals surface area contributed by atoms with Gasteiger partial charge in [-0.15, -0.1) is 0 Å². The molecule has 0 atom stereocenters. The first kappa shape index (κ1) is 15.4. The van der Waals surface area contributed by atoms with Crippen LogP contribution < -0.4 is 0 Å². The average Bonchev–Trinajstić information content (AvgIpc) is 2.78. The summed E-state index contributed by atoms with van der Waals surface area (Å²) in [5.74, 6) is 0. The predicted octanol–water partition coefficient (Wildman–Crippen LogP) is 3.66.